The van der Waals surface area contributed by atoms with Gasteiger partial charge in [0.25, 0.3) is 0 Å². The summed E-state index contributed by atoms with van der Waals surface area (Å²) in [5.41, 5.74) is 0.838. The predicted molar refractivity (Wildman–Crippen MR) is 257 cm³/mol. The topological polar surface area (TPSA) is 166 Å². The number of rotatable bonds is 5. The Hall–Kier alpha value is -6.77. The summed E-state index contributed by atoms with van der Waals surface area (Å²) >= 11 is 15.1. The van der Waals surface area contributed by atoms with Crippen molar-refractivity contribution in [3.05, 3.63) is 167 Å². The summed E-state index contributed by atoms with van der Waals surface area (Å²) in [6, 6.07) is 20.5. The molecule has 0 atom stereocenters. The number of hydrogen-bond donors (Lipinski definition) is 0. The molecule has 0 aliphatic carbocycles. The van der Waals surface area contributed by atoms with Crippen molar-refractivity contribution in [2.24, 2.45) is 4.99 Å². The van der Waals surface area contributed by atoms with Gasteiger partial charge in [-0.15, -0.1) is 0 Å². The number of ether oxygens (including phenoxy) is 3. The molecule has 0 spiro atoms. The Balaban J connectivity index is 0.000000166. The van der Waals surface area contributed by atoms with E-state index in [1.807, 2.05) is 6.07 Å². The highest BCUT2D eigenvalue weighted by molar-refractivity contribution is 9.11. The van der Waals surface area contributed by atoms with Crippen molar-refractivity contribution in [3.63, 3.8) is 0 Å². The molecule has 0 radical (unpaired) electrons. The molecule has 0 bridgehead atoms. The van der Waals surface area contributed by atoms with Crippen LogP contribution in [0.15, 0.2) is 122 Å². The fourth-order valence-electron chi connectivity index (χ4n) is 6.48. The molecule has 0 saturated carbocycles. The zero-order valence-corrected chi connectivity index (χ0v) is 42.6. The molecule has 3 aromatic carbocycles. The number of aromatic nitrogens is 7. The average Bonchev–Trinajstić information content (AvgIpc) is 4.11. The Morgan fingerprint density at radius 2 is 1.08 bits per heavy atom. The van der Waals surface area contributed by atoms with Crippen LogP contribution in [-0.4, -0.2) is 80.0 Å². The van der Waals surface area contributed by atoms with Crippen molar-refractivity contribution in [3.8, 4) is 11.6 Å². The molecular formula is C46H29Br3ClF9N8O6. The third kappa shape index (κ3) is 13.6. The first-order valence-electron chi connectivity index (χ1n) is 20.0. The van der Waals surface area contributed by atoms with Crippen LogP contribution in [0.25, 0.3) is 33.4 Å². The minimum absolute atomic E-state index is 0.00580. The van der Waals surface area contributed by atoms with Crippen LogP contribution in [-0.2, 0) is 39.3 Å². The Kier molecular flexibility index (Phi) is 17.5. The van der Waals surface area contributed by atoms with Gasteiger partial charge in [-0.05, 0) is 78.4 Å². The monoisotopic (exact) mass is 1230 g/mol. The Labute approximate surface area is 435 Å². The number of methoxy groups -OCH3 is 3. The number of hydrogen-bond acceptors (Lipinski definition) is 12. The highest BCUT2D eigenvalue weighted by Crippen LogP contribution is 2.33. The van der Waals surface area contributed by atoms with E-state index in [1.54, 1.807) is 36.5 Å². The maximum absolute atomic E-state index is 12.8. The van der Waals surface area contributed by atoms with Gasteiger partial charge in [-0.1, -0.05) is 77.6 Å². The molecule has 5 aromatic heterocycles. The SMILES string of the molecule is COC(=O)c1cc(Br)cc2c1C=NC2.COC(=O)c1cc(Br)cc2c1cnn2-c1cccc(C(F)(F)F)n1.COC(=O)c1cc(Br)cc2nn(-c3cccc(C(F)(F)F)n3)cc12.FC(F)(F)c1cccc(Cl)n1. The molecule has 0 saturated heterocycles. The van der Waals surface area contributed by atoms with E-state index in [9.17, 15) is 53.9 Å². The van der Waals surface area contributed by atoms with Crippen LogP contribution in [0.2, 0.25) is 5.15 Å². The molecule has 8 aromatic rings. The van der Waals surface area contributed by atoms with Crippen LogP contribution < -0.4 is 0 Å². The highest BCUT2D eigenvalue weighted by Gasteiger charge is 2.34. The van der Waals surface area contributed by atoms with Gasteiger partial charge < -0.3 is 14.2 Å². The number of pyridine rings is 3. The van der Waals surface area contributed by atoms with Crippen LogP contribution >= 0.6 is 59.4 Å². The predicted octanol–water partition coefficient (Wildman–Crippen LogP) is 12.9. The Morgan fingerprint density at radius 3 is 1.63 bits per heavy atom. The van der Waals surface area contributed by atoms with E-state index in [2.05, 4.69) is 77.9 Å². The molecule has 0 N–H and O–H groups in total. The van der Waals surface area contributed by atoms with Gasteiger partial charge in [-0.2, -0.15) is 49.7 Å². The molecule has 27 heteroatoms. The zero-order chi connectivity index (χ0) is 53.6. The molecule has 0 fully saturated rings. The van der Waals surface area contributed by atoms with Crippen molar-refractivity contribution in [1.29, 1.82) is 0 Å². The summed E-state index contributed by atoms with van der Waals surface area (Å²) in [6.07, 6.45) is -8.98. The van der Waals surface area contributed by atoms with Gasteiger partial charge in [0, 0.05) is 42.2 Å². The molecule has 6 heterocycles. The first-order valence-corrected chi connectivity index (χ1v) is 22.8. The molecule has 0 amide bonds. The quantitative estimate of drug-likeness (QED) is 0.0697. The first-order chi connectivity index (χ1) is 34.3. The number of nitrogens with zero attached hydrogens (tertiary/aromatic N) is 8. The number of carbonyl (C=O) groups is 3. The summed E-state index contributed by atoms with van der Waals surface area (Å²) in [4.78, 5) is 49.5. The summed E-state index contributed by atoms with van der Waals surface area (Å²) in [6.45, 7) is 0.638. The fourth-order valence-corrected chi connectivity index (χ4v) is 8.05. The lowest BCUT2D eigenvalue weighted by Gasteiger charge is -2.09. The van der Waals surface area contributed by atoms with Crippen LogP contribution in [0.1, 0.15) is 59.3 Å². The van der Waals surface area contributed by atoms with Gasteiger partial charge >= 0.3 is 36.4 Å². The lowest BCUT2D eigenvalue weighted by Crippen LogP contribution is -2.10. The van der Waals surface area contributed by atoms with E-state index in [4.69, 9.17) is 25.8 Å². The van der Waals surface area contributed by atoms with Crippen LogP contribution in [0.3, 0.4) is 0 Å². The van der Waals surface area contributed by atoms with Crippen molar-refractivity contribution in [2.45, 2.75) is 25.1 Å². The minimum Gasteiger partial charge on any atom is -0.465 e. The van der Waals surface area contributed by atoms with Crippen molar-refractivity contribution >= 4 is 105 Å². The van der Waals surface area contributed by atoms with Crippen LogP contribution in [0.4, 0.5) is 39.5 Å². The van der Waals surface area contributed by atoms with Crippen LogP contribution in [0, 0.1) is 0 Å². The lowest BCUT2D eigenvalue weighted by atomic mass is 10.0. The summed E-state index contributed by atoms with van der Waals surface area (Å²) in [7, 11) is 3.86. The van der Waals surface area contributed by atoms with Gasteiger partial charge in [-0.25, -0.2) is 38.7 Å². The van der Waals surface area contributed by atoms with Crippen LogP contribution in [0.5, 0.6) is 0 Å². The van der Waals surface area contributed by atoms with Crippen molar-refractivity contribution in [1.82, 2.24) is 34.5 Å². The van der Waals surface area contributed by atoms with Gasteiger partial charge in [-0.3, -0.25) is 4.99 Å². The van der Waals surface area contributed by atoms with E-state index in [-0.39, 0.29) is 33.9 Å². The Bertz CT molecular complexity index is 3380. The third-order valence-corrected chi connectivity index (χ3v) is 11.3. The van der Waals surface area contributed by atoms with E-state index < -0.39 is 47.5 Å². The standard InChI is InChI=1S/2C15H9BrF3N3O2.C10H8BrNO2.C6H3ClF3N/c1-24-14(23)9-5-8(16)6-11-10(9)7-22(21-11)13-4-2-3-12(20-13)15(17,18)19;1-24-14(23)9-5-8(16)6-11-10(9)7-20-22(11)13-4-2-3-12(21-13)15(17,18)19;1-14-10(13)8-3-7(11)2-6-4-12-5-9(6)8;7-5-3-1-2-4(11-5)6(8,9)10/h2*2-7H,1H3;2-3,5H,4H2,1H3;1-3H. The molecular weight excluding hydrogens is 1210 g/mol. The van der Waals surface area contributed by atoms with Gasteiger partial charge in [0.15, 0.2) is 11.6 Å². The number of alkyl halides is 9. The van der Waals surface area contributed by atoms with Crippen molar-refractivity contribution in [2.75, 3.05) is 21.3 Å². The smallest absolute Gasteiger partial charge is 0.433 e. The second kappa shape index (κ2) is 23.0. The molecule has 9 rings (SSSR count). The number of halogens is 13. The number of esters is 3. The molecule has 380 valence electrons. The molecule has 14 nitrogen and oxygen atoms in total. The van der Waals surface area contributed by atoms with Gasteiger partial charge in [0.1, 0.15) is 22.2 Å². The molecule has 73 heavy (non-hydrogen) atoms. The maximum atomic E-state index is 12.8. The number of carbonyl (C=O) groups excluding carboxylic acids is 3. The second-order valence-corrected chi connectivity index (χ2v) is 17.6. The highest BCUT2D eigenvalue weighted by atomic mass is 79.9. The summed E-state index contributed by atoms with van der Waals surface area (Å²) in [5.74, 6) is -1.48. The van der Waals surface area contributed by atoms with E-state index in [0.29, 0.717) is 42.9 Å². The third-order valence-electron chi connectivity index (χ3n) is 9.68. The van der Waals surface area contributed by atoms with Crippen molar-refractivity contribution < 1.29 is 68.1 Å². The number of fused-ring (bicyclic) bond motifs is 3. The average molecular weight is 1240 g/mol. The largest absolute Gasteiger partial charge is 0.465 e. The first kappa shape index (κ1) is 55.5. The molecule has 1 aliphatic rings. The van der Waals surface area contributed by atoms with E-state index in [1.165, 1.54) is 79.5 Å². The Morgan fingerprint density at radius 1 is 0.603 bits per heavy atom. The maximum Gasteiger partial charge on any atom is 0.433 e. The van der Waals surface area contributed by atoms with Gasteiger partial charge in [0.2, 0.25) is 0 Å². The second-order valence-electron chi connectivity index (χ2n) is 14.5. The van der Waals surface area contributed by atoms with E-state index >= 15 is 0 Å². The minimum atomic E-state index is -4.56. The normalized spacial score (nSPS) is 11.9. The van der Waals surface area contributed by atoms with E-state index in [0.717, 1.165) is 33.8 Å². The summed E-state index contributed by atoms with van der Waals surface area (Å²) in [5, 5.41) is 9.00. The number of aliphatic imine (C=N–C) groups is 1. The summed E-state index contributed by atoms with van der Waals surface area (Å²) < 4.78 is 131. The number of benzene rings is 3. The molecule has 0 unspecified atom stereocenters. The zero-order valence-electron chi connectivity index (χ0n) is 37.0. The van der Waals surface area contributed by atoms with Gasteiger partial charge in [0.05, 0.1) is 61.8 Å². The lowest BCUT2D eigenvalue weighted by molar-refractivity contribution is -0.141. The fraction of sp³-hybridized carbons (Fsp3) is 0.152. The molecule has 1 aliphatic heterocycles.